The first-order valence-electron chi connectivity index (χ1n) is 6.91. The zero-order valence-corrected chi connectivity index (χ0v) is 13.2. The van der Waals surface area contributed by atoms with Gasteiger partial charge >= 0.3 is 0 Å². The van der Waals surface area contributed by atoms with Crippen molar-refractivity contribution in [2.75, 3.05) is 5.75 Å². The number of hydrogen-bond acceptors (Lipinski definition) is 4. The maximum Gasteiger partial charge on any atom is 0.191 e. The number of rotatable bonds is 7. The second kappa shape index (κ2) is 7.22. The van der Waals surface area contributed by atoms with Crippen LogP contribution < -0.4 is 0 Å². The Kier molecular flexibility index (Phi) is 5.33. The smallest absolute Gasteiger partial charge is 0.191 e. The standard InChI is InChI=1S/C16H19N3OS/c1-4-10-19-15(5-2)17-18-16(19)21-11-14(20)13-8-6-12(3)7-9-13/h4,6-9H,1,5,10-11H2,2-3H3. The van der Waals surface area contributed by atoms with Gasteiger partial charge in [0.15, 0.2) is 10.9 Å². The van der Waals surface area contributed by atoms with E-state index in [2.05, 4.69) is 16.8 Å². The molecule has 1 heterocycles. The molecule has 1 aromatic carbocycles. The fourth-order valence-electron chi connectivity index (χ4n) is 1.95. The van der Waals surface area contributed by atoms with E-state index in [1.165, 1.54) is 11.8 Å². The number of allylic oxidation sites excluding steroid dienone is 1. The molecule has 0 amide bonds. The Labute approximate surface area is 129 Å². The fourth-order valence-corrected chi connectivity index (χ4v) is 2.81. The van der Waals surface area contributed by atoms with E-state index in [4.69, 9.17) is 0 Å². The Hall–Kier alpha value is -1.88. The largest absolute Gasteiger partial charge is 0.302 e. The van der Waals surface area contributed by atoms with E-state index in [-0.39, 0.29) is 5.78 Å². The van der Waals surface area contributed by atoms with Gasteiger partial charge in [0.05, 0.1) is 5.75 Å². The Morgan fingerprint density at radius 1 is 1.33 bits per heavy atom. The summed E-state index contributed by atoms with van der Waals surface area (Å²) in [5.74, 6) is 1.38. The zero-order chi connectivity index (χ0) is 15.2. The van der Waals surface area contributed by atoms with E-state index in [9.17, 15) is 4.79 Å². The van der Waals surface area contributed by atoms with E-state index in [0.29, 0.717) is 12.3 Å². The molecule has 0 bridgehead atoms. The zero-order valence-electron chi connectivity index (χ0n) is 12.4. The van der Waals surface area contributed by atoms with Gasteiger partial charge in [0, 0.05) is 18.5 Å². The maximum atomic E-state index is 12.2. The number of aryl methyl sites for hydroxylation is 2. The van der Waals surface area contributed by atoms with Crippen molar-refractivity contribution in [1.29, 1.82) is 0 Å². The van der Waals surface area contributed by atoms with Crippen LogP contribution in [-0.4, -0.2) is 26.3 Å². The molecule has 0 saturated heterocycles. The maximum absolute atomic E-state index is 12.2. The van der Waals surface area contributed by atoms with Crippen molar-refractivity contribution in [3.63, 3.8) is 0 Å². The second-order valence-corrected chi connectivity index (χ2v) is 5.67. The van der Waals surface area contributed by atoms with Crippen molar-refractivity contribution in [3.8, 4) is 0 Å². The molecule has 0 aliphatic carbocycles. The third kappa shape index (κ3) is 3.82. The van der Waals surface area contributed by atoms with Gasteiger partial charge in [-0.1, -0.05) is 54.6 Å². The van der Waals surface area contributed by atoms with Crippen molar-refractivity contribution in [2.45, 2.75) is 32.0 Å². The van der Waals surface area contributed by atoms with Gasteiger partial charge in [0.1, 0.15) is 5.82 Å². The molecule has 0 aliphatic rings. The number of nitrogens with zero attached hydrogens (tertiary/aromatic N) is 3. The number of benzene rings is 1. The average molecular weight is 301 g/mol. The third-order valence-electron chi connectivity index (χ3n) is 3.13. The fraction of sp³-hybridized carbons (Fsp3) is 0.312. The van der Waals surface area contributed by atoms with Gasteiger partial charge < -0.3 is 4.57 Å². The Bertz CT molecular complexity index is 631. The summed E-state index contributed by atoms with van der Waals surface area (Å²) in [4.78, 5) is 12.2. The molecule has 1 aromatic heterocycles. The minimum atomic E-state index is 0.103. The number of carbonyl (C=O) groups is 1. The van der Waals surface area contributed by atoms with Crippen LogP contribution >= 0.6 is 11.8 Å². The van der Waals surface area contributed by atoms with E-state index in [1.807, 2.05) is 48.8 Å². The van der Waals surface area contributed by atoms with Crippen LogP contribution in [0.1, 0.15) is 28.7 Å². The van der Waals surface area contributed by atoms with Crippen molar-refractivity contribution in [2.24, 2.45) is 0 Å². The third-order valence-corrected chi connectivity index (χ3v) is 4.09. The summed E-state index contributed by atoms with van der Waals surface area (Å²) in [6, 6.07) is 7.63. The van der Waals surface area contributed by atoms with Crippen LogP contribution in [0.2, 0.25) is 0 Å². The Morgan fingerprint density at radius 3 is 2.67 bits per heavy atom. The second-order valence-electron chi connectivity index (χ2n) is 4.73. The number of thioether (sulfide) groups is 1. The average Bonchev–Trinajstić information content (AvgIpc) is 2.88. The summed E-state index contributed by atoms with van der Waals surface area (Å²) in [7, 11) is 0. The van der Waals surface area contributed by atoms with Crippen molar-refractivity contribution in [1.82, 2.24) is 14.8 Å². The van der Waals surface area contributed by atoms with E-state index >= 15 is 0 Å². The molecule has 0 aliphatic heterocycles. The summed E-state index contributed by atoms with van der Waals surface area (Å²) in [5, 5.41) is 9.08. The first-order chi connectivity index (χ1) is 10.2. The molecule has 0 radical (unpaired) electrons. The van der Waals surface area contributed by atoms with Crippen LogP contribution in [0.25, 0.3) is 0 Å². The number of ketones is 1. The molecule has 0 fully saturated rings. The lowest BCUT2D eigenvalue weighted by Crippen LogP contribution is -2.06. The highest BCUT2D eigenvalue weighted by atomic mass is 32.2. The highest BCUT2D eigenvalue weighted by molar-refractivity contribution is 7.99. The van der Waals surface area contributed by atoms with E-state index in [0.717, 1.165) is 28.5 Å². The summed E-state index contributed by atoms with van der Waals surface area (Å²) in [5.41, 5.74) is 1.89. The highest BCUT2D eigenvalue weighted by Gasteiger charge is 2.13. The Balaban J connectivity index is 2.05. The topological polar surface area (TPSA) is 47.8 Å². The van der Waals surface area contributed by atoms with Crippen LogP contribution in [0.4, 0.5) is 0 Å². The van der Waals surface area contributed by atoms with Crippen molar-refractivity contribution >= 4 is 17.5 Å². The van der Waals surface area contributed by atoms with E-state index < -0.39 is 0 Å². The van der Waals surface area contributed by atoms with Crippen LogP contribution in [0.5, 0.6) is 0 Å². The molecule has 0 saturated carbocycles. The molecule has 21 heavy (non-hydrogen) atoms. The number of carbonyl (C=O) groups excluding carboxylic acids is 1. The lowest BCUT2D eigenvalue weighted by Gasteiger charge is -2.06. The summed E-state index contributed by atoms with van der Waals surface area (Å²) in [6.07, 6.45) is 2.63. The van der Waals surface area contributed by atoms with Gasteiger partial charge in [0.2, 0.25) is 0 Å². The number of Topliss-reactive ketones (excluding diaryl/α,β-unsaturated/α-hetero) is 1. The normalized spacial score (nSPS) is 10.6. The van der Waals surface area contributed by atoms with Crippen molar-refractivity contribution < 1.29 is 4.79 Å². The first-order valence-corrected chi connectivity index (χ1v) is 7.90. The van der Waals surface area contributed by atoms with Gasteiger partial charge in [0.25, 0.3) is 0 Å². The van der Waals surface area contributed by atoms with Crippen LogP contribution in [0, 0.1) is 6.92 Å². The highest BCUT2D eigenvalue weighted by Crippen LogP contribution is 2.19. The molecule has 0 N–H and O–H groups in total. The van der Waals surface area contributed by atoms with Crippen LogP contribution in [-0.2, 0) is 13.0 Å². The predicted molar refractivity (Wildman–Crippen MR) is 85.8 cm³/mol. The van der Waals surface area contributed by atoms with Gasteiger partial charge in [-0.15, -0.1) is 16.8 Å². The van der Waals surface area contributed by atoms with Gasteiger partial charge in [-0.3, -0.25) is 4.79 Å². The summed E-state index contributed by atoms with van der Waals surface area (Å²) in [6.45, 7) is 8.46. The van der Waals surface area contributed by atoms with Gasteiger partial charge in [-0.05, 0) is 6.92 Å². The SMILES string of the molecule is C=CCn1c(CC)nnc1SCC(=O)c1ccc(C)cc1. The number of hydrogen-bond donors (Lipinski definition) is 0. The molecule has 2 aromatic rings. The monoisotopic (exact) mass is 301 g/mol. The molecule has 110 valence electrons. The van der Waals surface area contributed by atoms with Crippen LogP contribution in [0.3, 0.4) is 0 Å². The van der Waals surface area contributed by atoms with Gasteiger partial charge in [-0.2, -0.15) is 0 Å². The summed E-state index contributed by atoms with van der Waals surface area (Å²) < 4.78 is 2.00. The molecular weight excluding hydrogens is 282 g/mol. The molecule has 0 unspecified atom stereocenters. The molecule has 0 atom stereocenters. The predicted octanol–water partition coefficient (Wildman–Crippen LogP) is 3.31. The molecule has 4 nitrogen and oxygen atoms in total. The molecule has 2 rings (SSSR count). The number of aromatic nitrogens is 3. The van der Waals surface area contributed by atoms with Crippen molar-refractivity contribution in [3.05, 3.63) is 53.9 Å². The minimum Gasteiger partial charge on any atom is -0.302 e. The Morgan fingerprint density at radius 2 is 2.05 bits per heavy atom. The minimum absolute atomic E-state index is 0.103. The van der Waals surface area contributed by atoms with E-state index in [1.54, 1.807) is 0 Å². The summed E-state index contributed by atoms with van der Waals surface area (Å²) >= 11 is 1.42. The first kappa shape index (κ1) is 15.5. The molecule has 0 spiro atoms. The molecule has 5 heteroatoms. The quantitative estimate of drug-likeness (QED) is 0.447. The lowest BCUT2D eigenvalue weighted by molar-refractivity contribution is 0.102. The molecular formula is C16H19N3OS. The lowest BCUT2D eigenvalue weighted by atomic mass is 10.1. The van der Waals surface area contributed by atoms with Crippen LogP contribution in [0.15, 0.2) is 42.1 Å². The van der Waals surface area contributed by atoms with Gasteiger partial charge in [-0.25, -0.2) is 0 Å².